The van der Waals surface area contributed by atoms with E-state index in [1.165, 1.54) is 38.3 Å². The van der Waals surface area contributed by atoms with E-state index in [9.17, 15) is 34.2 Å². The van der Waals surface area contributed by atoms with Crippen LogP contribution in [0.3, 0.4) is 0 Å². The first-order chi connectivity index (χ1) is 23.0. The topological polar surface area (TPSA) is 162 Å². The number of carbonyl (C=O) groups is 5. The van der Waals surface area contributed by atoms with Crippen LogP contribution in [0.25, 0.3) is 0 Å². The van der Waals surface area contributed by atoms with E-state index in [4.69, 9.17) is 4.74 Å². The fraction of sp³-hybridized carbons (Fsp3) is 0.649. The minimum Gasteiger partial charge on any atom is -0.481 e. The van der Waals surface area contributed by atoms with Crippen molar-refractivity contribution >= 4 is 29.5 Å². The number of likely N-dealkylation sites (tertiary alicyclic amines) is 1. The molecule has 48 heavy (non-hydrogen) atoms. The van der Waals surface area contributed by atoms with Crippen molar-refractivity contribution in [2.75, 3.05) is 20.7 Å². The van der Waals surface area contributed by atoms with Gasteiger partial charge in [0.15, 0.2) is 5.60 Å². The Morgan fingerprint density at radius 2 is 1.58 bits per heavy atom. The van der Waals surface area contributed by atoms with Crippen molar-refractivity contribution in [3.63, 3.8) is 0 Å². The number of carboxylic acids is 1. The number of likely N-dealkylation sites (N-methyl/N-ethyl adjacent to an activating group) is 2. The summed E-state index contributed by atoms with van der Waals surface area (Å²) >= 11 is 0. The van der Waals surface area contributed by atoms with E-state index in [1.54, 1.807) is 31.2 Å². The Labute approximate surface area is 285 Å². The first kappa shape index (κ1) is 40.3. The molecule has 0 bridgehead atoms. The molecule has 1 heterocycles. The van der Waals surface area contributed by atoms with Crippen molar-refractivity contribution in [3.05, 3.63) is 29.8 Å². The monoisotopic (exact) mass is 669 g/mol. The van der Waals surface area contributed by atoms with Gasteiger partial charge in [0.1, 0.15) is 24.2 Å². The number of carbonyl (C=O) groups excluding carboxylic acids is 4. The number of nitrogens with zero attached hydrogens (tertiary/aromatic N) is 1. The van der Waals surface area contributed by atoms with Gasteiger partial charge in [0.05, 0.1) is 12.3 Å². The highest BCUT2D eigenvalue weighted by Crippen LogP contribution is 2.39. The lowest BCUT2D eigenvalue weighted by Gasteiger charge is -2.29. The molecule has 0 spiro atoms. The van der Waals surface area contributed by atoms with Gasteiger partial charge in [-0.25, -0.2) is 0 Å². The summed E-state index contributed by atoms with van der Waals surface area (Å²) in [5.74, 6) is 1.58. The molecule has 11 heteroatoms. The number of hydrogen-bond acceptors (Lipinski definition) is 7. The van der Waals surface area contributed by atoms with Crippen molar-refractivity contribution in [1.82, 2.24) is 15.5 Å². The van der Waals surface area contributed by atoms with Crippen molar-refractivity contribution in [3.8, 4) is 17.6 Å². The molecule has 1 aliphatic rings. The molecule has 11 nitrogen and oxygen atoms in total. The van der Waals surface area contributed by atoms with Crippen LogP contribution in [0.2, 0.25) is 0 Å². The number of nitrogens with one attached hydrogen (secondary N) is 2. The standard InChI is InChI=1S/C37H55N3O8/c1-5-7-9-11-14-17-28(41)18-15-12-10-13-16-19-31-33(37(47,26-32(42)43)36(46)40(31)4)35(45)39-30(34(44)38-3)25-27-20-22-29(23-21-27)48-24-8-6-2/h20-23,30-31,33,47H,5,7,9-19,24-26H2,1-4H3,(H,38,44)(H,39,45)(H,42,43)/t30-,31?,33+,37+/m0/s1. The van der Waals surface area contributed by atoms with Gasteiger partial charge in [0, 0.05) is 39.4 Å². The maximum Gasteiger partial charge on any atom is 0.306 e. The largest absolute Gasteiger partial charge is 0.481 e. The van der Waals surface area contributed by atoms with Gasteiger partial charge in [-0.2, -0.15) is 0 Å². The lowest BCUT2D eigenvalue weighted by molar-refractivity contribution is -0.158. The van der Waals surface area contributed by atoms with Gasteiger partial charge < -0.3 is 30.5 Å². The quantitative estimate of drug-likeness (QED) is 0.0997. The van der Waals surface area contributed by atoms with Gasteiger partial charge in [-0.3, -0.25) is 24.0 Å². The summed E-state index contributed by atoms with van der Waals surface area (Å²) < 4.78 is 5.54. The number of amides is 3. The smallest absolute Gasteiger partial charge is 0.306 e. The Hall–Kier alpha value is -3.91. The number of ether oxygens (including phenoxy) is 1. The predicted molar refractivity (Wildman–Crippen MR) is 183 cm³/mol. The summed E-state index contributed by atoms with van der Waals surface area (Å²) in [6.45, 7) is 4.12. The van der Waals surface area contributed by atoms with Crippen LogP contribution in [0.1, 0.15) is 109 Å². The molecule has 0 aromatic heterocycles. The lowest BCUT2D eigenvalue weighted by Crippen LogP contribution is -2.55. The Kier molecular flexibility index (Phi) is 17.7. The zero-order chi connectivity index (χ0) is 35.5. The highest BCUT2D eigenvalue weighted by atomic mass is 16.5. The lowest BCUT2D eigenvalue weighted by atomic mass is 9.80. The average Bonchev–Trinajstić information content (AvgIpc) is 3.23. The molecule has 1 aromatic rings. The number of carboxylic acid groups (broad SMARTS) is 1. The number of Topliss-reactive ketones (excluding diaryl/α,β-unsaturated/α-hetero) is 1. The average molecular weight is 670 g/mol. The van der Waals surface area contributed by atoms with Crippen LogP contribution in [0.4, 0.5) is 0 Å². The second-order valence-electron chi connectivity index (χ2n) is 12.7. The fourth-order valence-electron chi connectivity index (χ4n) is 6.35. The summed E-state index contributed by atoms with van der Waals surface area (Å²) in [6.07, 6.45) is 10.4. The second-order valence-corrected chi connectivity index (χ2v) is 12.7. The van der Waals surface area contributed by atoms with Crippen LogP contribution >= 0.6 is 0 Å². The molecule has 1 fully saturated rings. The Bertz CT molecular complexity index is 1270. The Balaban J connectivity index is 2.04. The Morgan fingerprint density at radius 3 is 2.17 bits per heavy atom. The van der Waals surface area contributed by atoms with E-state index >= 15 is 0 Å². The fourth-order valence-corrected chi connectivity index (χ4v) is 6.35. The molecule has 1 aliphatic heterocycles. The van der Waals surface area contributed by atoms with Gasteiger partial charge in [-0.15, -0.1) is 5.92 Å². The van der Waals surface area contributed by atoms with Crippen molar-refractivity contribution < 1.29 is 38.9 Å². The second kappa shape index (κ2) is 21.1. The number of aliphatic carboxylic acids is 1. The first-order valence-corrected chi connectivity index (χ1v) is 17.3. The maximum absolute atomic E-state index is 13.8. The number of rotatable bonds is 23. The summed E-state index contributed by atoms with van der Waals surface area (Å²) in [5.41, 5.74) is -1.73. The maximum atomic E-state index is 13.8. The summed E-state index contributed by atoms with van der Waals surface area (Å²) in [4.78, 5) is 65.1. The minimum absolute atomic E-state index is 0.111. The third-order valence-electron chi connectivity index (χ3n) is 9.04. The molecular formula is C37H55N3O8. The first-order valence-electron chi connectivity index (χ1n) is 17.3. The summed E-state index contributed by atoms with van der Waals surface area (Å²) in [5, 5.41) is 26.3. The van der Waals surface area contributed by atoms with Gasteiger partial charge >= 0.3 is 5.97 Å². The zero-order valence-corrected chi connectivity index (χ0v) is 29.1. The van der Waals surface area contributed by atoms with E-state index in [-0.39, 0.29) is 13.0 Å². The predicted octanol–water partition coefficient (Wildman–Crippen LogP) is 4.18. The molecule has 1 aromatic carbocycles. The molecule has 0 aliphatic carbocycles. The molecule has 266 valence electrons. The normalized spacial score (nSPS) is 19.3. The zero-order valence-electron chi connectivity index (χ0n) is 29.1. The van der Waals surface area contributed by atoms with Gasteiger partial charge in [0.2, 0.25) is 11.8 Å². The van der Waals surface area contributed by atoms with E-state index in [1.807, 2.05) is 0 Å². The van der Waals surface area contributed by atoms with E-state index in [2.05, 4.69) is 29.4 Å². The van der Waals surface area contributed by atoms with Crippen LogP contribution in [0, 0.1) is 17.8 Å². The third kappa shape index (κ3) is 12.6. The number of ketones is 1. The highest BCUT2D eigenvalue weighted by molar-refractivity contribution is 6.00. The molecular weight excluding hydrogens is 614 g/mol. The van der Waals surface area contributed by atoms with Gasteiger partial charge in [-0.1, -0.05) is 76.3 Å². The van der Waals surface area contributed by atoms with E-state index < -0.39 is 53.7 Å². The number of hydrogen-bond donors (Lipinski definition) is 4. The number of aliphatic hydroxyl groups is 1. The molecule has 4 atom stereocenters. The minimum atomic E-state index is -2.46. The van der Waals surface area contributed by atoms with Gasteiger partial charge in [-0.05, 0) is 43.9 Å². The van der Waals surface area contributed by atoms with Gasteiger partial charge in [0.25, 0.3) is 5.91 Å². The molecule has 3 amide bonds. The molecule has 1 saturated heterocycles. The third-order valence-corrected chi connectivity index (χ3v) is 9.04. The van der Waals surface area contributed by atoms with Crippen molar-refractivity contribution in [2.45, 2.75) is 128 Å². The van der Waals surface area contributed by atoms with Crippen LogP contribution in [-0.4, -0.2) is 83.0 Å². The van der Waals surface area contributed by atoms with Crippen LogP contribution in [-0.2, 0) is 30.4 Å². The molecule has 0 saturated carbocycles. The highest BCUT2D eigenvalue weighted by Gasteiger charge is 2.61. The van der Waals surface area contributed by atoms with E-state index in [0.717, 1.165) is 44.1 Å². The molecule has 2 rings (SSSR count). The summed E-state index contributed by atoms with van der Waals surface area (Å²) in [6, 6.07) is 5.18. The van der Waals surface area contributed by atoms with Crippen molar-refractivity contribution in [1.29, 1.82) is 0 Å². The van der Waals surface area contributed by atoms with E-state index in [0.29, 0.717) is 37.2 Å². The van der Waals surface area contributed by atoms with Crippen LogP contribution < -0.4 is 15.4 Å². The van der Waals surface area contributed by atoms with Crippen molar-refractivity contribution in [2.24, 2.45) is 5.92 Å². The van der Waals surface area contributed by atoms with Crippen LogP contribution in [0.5, 0.6) is 5.75 Å². The van der Waals surface area contributed by atoms with Crippen LogP contribution in [0.15, 0.2) is 24.3 Å². The number of unbranched alkanes of at least 4 members (excludes halogenated alkanes) is 8. The SMILES string of the molecule is CC#CCOc1ccc(C[C@H](NC(=O)[C@H]2C(CCCCCCCC(=O)CCCCCCC)N(C)C(=O)[C@@]2(O)CC(=O)O)C(=O)NC)cc1. The Morgan fingerprint density at radius 1 is 0.979 bits per heavy atom. The molecule has 1 unspecified atom stereocenters. The molecule has 4 N–H and O–H groups in total. The molecule has 0 radical (unpaired) electrons. The number of benzene rings is 1. The summed E-state index contributed by atoms with van der Waals surface area (Å²) in [7, 11) is 2.90.